The highest BCUT2D eigenvalue weighted by Crippen LogP contribution is 2.38. The molecule has 0 bridgehead atoms. The van der Waals surface area contributed by atoms with Crippen LogP contribution in [-0.2, 0) is 10.0 Å². The van der Waals surface area contributed by atoms with E-state index in [9.17, 15) is 8.42 Å². The number of nitrogens with one attached hydrogen (secondary N) is 1. The summed E-state index contributed by atoms with van der Waals surface area (Å²) in [4.78, 5) is 8.91. The molecule has 0 saturated carbocycles. The smallest absolute Gasteiger partial charge is 0.231 e. The van der Waals surface area contributed by atoms with Crippen LogP contribution in [0.5, 0.6) is 11.5 Å². The summed E-state index contributed by atoms with van der Waals surface area (Å²) in [6.07, 6.45) is 0. The molecule has 156 valence electrons. The molecule has 0 amide bonds. The number of rotatable bonds is 5. The Morgan fingerprint density at radius 1 is 0.903 bits per heavy atom. The minimum atomic E-state index is -4.08. The van der Waals surface area contributed by atoms with Crippen LogP contribution < -0.4 is 14.8 Å². The fraction of sp³-hybridized carbons (Fsp3) is 0.0476. The summed E-state index contributed by atoms with van der Waals surface area (Å²) in [5.74, 6) is 1.31. The molecule has 0 fully saturated rings. The predicted molar refractivity (Wildman–Crippen MR) is 117 cm³/mol. The summed E-state index contributed by atoms with van der Waals surface area (Å²) in [5.41, 5.74) is 1.72. The minimum Gasteiger partial charge on any atom is -0.454 e. The van der Waals surface area contributed by atoms with Gasteiger partial charge in [-0.05, 0) is 47.7 Å². The maximum atomic E-state index is 12.9. The van der Waals surface area contributed by atoms with Crippen molar-refractivity contribution in [3.63, 3.8) is 0 Å². The van der Waals surface area contributed by atoms with Crippen molar-refractivity contribution in [3.05, 3.63) is 76.5 Å². The molecule has 2 heterocycles. The SMILES string of the molecule is O=S(=O)([N-]c1nc2ccccc2nc1Nc1ccc2c(c1)OCO2)c1cccc(Cl)c1. The third-order valence-electron chi connectivity index (χ3n) is 4.49. The molecule has 3 aromatic carbocycles. The lowest BCUT2D eigenvalue weighted by Crippen LogP contribution is -2.02. The first-order chi connectivity index (χ1) is 15.0. The molecule has 0 aliphatic carbocycles. The van der Waals surface area contributed by atoms with Crippen LogP contribution in [0.2, 0.25) is 5.02 Å². The lowest BCUT2D eigenvalue weighted by atomic mass is 10.2. The van der Waals surface area contributed by atoms with Crippen molar-refractivity contribution in [1.82, 2.24) is 9.97 Å². The Morgan fingerprint density at radius 2 is 1.68 bits per heavy atom. The van der Waals surface area contributed by atoms with Crippen LogP contribution in [-0.4, -0.2) is 25.2 Å². The molecule has 1 aliphatic rings. The van der Waals surface area contributed by atoms with E-state index in [2.05, 4.69) is 20.0 Å². The molecule has 10 heteroatoms. The van der Waals surface area contributed by atoms with Crippen molar-refractivity contribution in [2.75, 3.05) is 12.1 Å². The molecule has 31 heavy (non-hydrogen) atoms. The van der Waals surface area contributed by atoms with Gasteiger partial charge >= 0.3 is 0 Å². The summed E-state index contributed by atoms with van der Waals surface area (Å²) in [6.45, 7) is 0.146. The summed E-state index contributed by atoms with van der Waals surface area (Å²) >= 11 is 5.95. The molecule has 8 nitrogen and oxygen atoms in total. The summed E-state index contributed by atoms with van der Waals surface area (Å²) in [5, 5.41) is 3.38. The minimum absolute atomic E-state index is 0.0380. The molecular weight excluding hydrogens is 440 g/mol. The van der Waals surface area contributed by atoms with E-state index >= 15 is 0 Å². The Bertz CT molecular complexity index is 1410. The van der Waals surface area contributed by atoms with E-state index in [0.29, 0.717) is 33.2 Å². The highest BCUT2D eigenvalue weighted by Gasteiger charge is 2.16. The number of hydrogen-bond acceptors (Lipinski definition) is 7. The molecule has 0 spiro atoms. The first-order valence-electron chi connectivity index (χ1n) is 9.15. The number of benzene rings is 3. The van der Waals surface area contributed by atoms with Gasteiger partial charge in [-0.25, -0.2) is 13.4 Å². The van der Waals surface area contributed by atoms with Gasteiger partial charge in [0, 0.05) is 16.8 Å². The van der Waals surface area contributed by atoms with Crippen LogP contribution in [0.4, 0.5) is 17.3 Å². The number of halogens is 1. The molecule has 1 N–H and O–H groups in total. The molecule has 0 unspecified atom stereocenters. The maximum Gasteiger partial charge on any atom is 0.231 e. The zero-order valence-corrected chi connectivity index (χ0v) is 17.4. The monoisotopic (exact) mass is 453 g/mol. The number of ether oxygens (including phenoxy) is 2. The van der Waals surface area contributed by atoms with Crippen LogP contribution in [0.15, 0.2) is 71.6 Å². The Morgan fingerprint density at radius 3 is 2.48 bits per heavy atom. The fourth-order valence-electron chi connectivity index (χ4n) is 3.04. The van der Waals surface area contributed by atoms with Crippen molar-refractivity contribution < 1.29 is 17.9 Å². The predicted octanol–water partition coefficient (Wildman–Crippen LogP) is 5.15. The summed E-state index contributed by atoms with van der Waals surface area (Å²) in [6, 6.07) is 18.3. The molecule has 0 saturated heterocycles. The maximum absolute atomic E-state index is 12.9. The van der Waals surface area contributed by atoms with Crippen LogP contribution in [0.1, 0.15) is 0 Å². The third kappa shape index (κ3) is 3.92. The van der Waals surface area contributed by atoms with Crippen molar-refractivity contribution >= 4 is 50.0 Å². The van der Waals surface area contributed by atoms with Gasteiger partial charge in [0.25, 0.3) is 0 Å². The zero-order valence-electron chi connectivity index (χ0n) is 15.8. The fourth-order valence-corrected chi connectivity index (χ4v) is 4.29. The van der Waals surface area contributed by atoms with E-state index in [1.165, 1.54) is 12.1 Å². The standard InChI is InChI=1S/C21H14ClN4O4S/c22-13-4-3-5-15(10-13)31(27,28)26-21-20(24-16-6-1-2-7-17(16)25-21)23-14-8-9-18-19(11-14)30-12-29-18/h1-11H,12H2,(H-,23,24,25,26)/q-1. The lowest BCUT2D eigenvalue weighted by molar-refractivity contribution is 0.174. The molecule has 4 aromatic rings. The Labute approximate surface area is 182 Å². The lowest BCUT2D eigenvalue weighted by Gasteiger charge is -2.21. The number of aromatic nitrogens is 2. The third-order valence-corrected chi connectivity index (χ3v) is 5.99. The normalized spacial score (nSPS) is 12.7. The van der Waals surface area contributed by atoms with Gasteiger partial charge in [-0.15, -0.1) is 0 Å². The van der Waals surface area contributed by atoms with Crippen LogP contribution >= 0.6 is 11.6 Å². The quantitative estimate of drug-likeness (QED) is 0.445. The number of fused-ring (bicyclic) bond motifs is 2. The van der Waals surface area contributed by atoms with Crippen molar-refractivity contribution in [3.8, 4) is 11.5 Å². The average molecular weight is 454 g/mol. The molecule has 0 radical (unpaired) electrons. The van der Waals surface area contributed by atoms with E-state index in [0.717, 1.165) is 0 Å². The first kappa shape index (κ1) is 19.4. The number of sulfonamides is 1. The second-order valence-electron chi connectivity index (χ2n) is 6.60. The highest BCUT2D eigenvalue weighted by atomic mass is 35.5. The van der Waals surface area contributed by atoms with E-state index in [1.54, 1.807) is 48.5 Å². The van der Waals surface area contributed by atoms with Gasteiger partial charge in [-0.2, -0.15) is 0 Å². The van der Waals surface area contributed by atoms with Gasteiger partial charge in [-0.1, -0.05) is 35.9 Å². The molecule has 1 aliphatic heterocycles. The average Bonchev–Trinajstić information content (AvgIpc) is 3.22. The number of anilines is 2. The van der Waals surface area contributed by atoms with Crippen molar-refractivity contribution in [2.45, 2.75) is 4.90 Å². The number of hydrogen-bond donors (Lipinski definition) is 1. The van der Waals surface area contributed by atoms with Gasteiger partial charge in [0.15, 0.2) is 11.5 Å². The van der Waals surface area contributed by atoms with Crippen LogP contribution in [0.3, 0.4) is 0 Å². The van der Waals surface area contributed by atoms with E-state index < -0.39 is 10.0 Å². The zero-order chi connectivity index (χ0) is 21.4. The Balaban J connectivity index is 1.56. The largest absolute Gasteiger partial charge is 0.454 e. The van der Waals surface area contributed by atoms with E-state index in [1.807, 2.05) is 6.07 Å². The Kier molecular flexibility index (Phi) is 4.76. The second-order valence-corrected chi connectivity index (χ2v) is 8.64. The van der Waals surface area contributed by atoms with Gasteiger partial charge in [0.05, 0.1) is 10.4 Å². The summed E-state index contributed by atoms with van der Waals surface area (Å²) in [7, 11) is -4.08. The molecule has 5 rings (SSSR count). The van der Waals surface area contributed by atoms with Crippen molar-refractivity contribution in [1.29, 1.82) is 0 Å². The Hall–Kier alpha value is -3.56. The number of para-hydroxylation sites is 2. The van der Waals surface area contributed by atoms with Gasteiger partial charge in [0.2, 0.25) is 16.8 Å². The van der Waals surface area contributed by atoms with Gasteiger partial charge < -0.3 is 24.5 Å². The van der Waals surface area contributed by atoms with E-state index in [4.69, 9.17) is 21.1 Å². The van der Waals surface area contributed by atoms with Gasteiger partial charge in [-0.3, -0.25) is 0 Å². The molecule has 0 atom stereocenters. The molecule has 1 aromatic heterocycles. The van der Waals surface area contributed by atoms with E-state index in [-0.39, 0.29) is 23.3 Å². The molecular formula is C21H14ClN4O4S-. The summed E-state index contributed by atoms with van der Waals surface area (Å²) < 4.78 is 40.4. The number of nitrogens with zero attached hydrogens (tertiary/aromatic N) is 3. The van der Waals surface area contributed by atoms with Crippen LogP contribution in [0, 0.1) is 0 Å². The second kappa shape index (κ2) is 7.60. The first-order valence-corrected chi connectivity index (χ1v) is 11.0. The van der Waals surface area contributed by atoms with Crippen LogP contribution in [0.25, 0.3) is 15.8 Å². The highest BCUT2D eigenvalue weighted by molar-refractivity contribution is 7.94. The van der Waals surface area contributed by atoms with Crippen molar-refractivity contribution in [2.24, 2.45) is 0 Å². The van der Waals surface area contributed by atoms with Gasteiger partial charge in [0.1, 0.15) is 5.82 Å². The topological polar surface area (TPSA) is 105 Å².